The first-order valence-electron chi connectivity index (χ1n) is 14.1. The largest absolute Gasteiger partial charge is 0.306 e. The number of fused-ring (bicyclic) bond motifs is 6. The van der Waals surface area contributed by atoms with Crippen molar-refractivity contribution >= 4 is 59.5 Å². The maximum absolute atomic E-state index is 4.83. The van der Waals surface area contributed by atoms with E-state index in [1.807, 2.05) is 24.4 Å². The SMILES string of the molecule is c1ccc2c(c1)c1cccc3ccc4cccc(c5cccc(-c6ccc(-c7cn8ccccc8n7)cc6)c25)c4c31. The fourth-order valence-corrected chi connectivity index (χ4v) is 6.74. The van der Waals surface area contributed by atoms with Gasteiger partial charge >= 0.3 is 0 Å². The van der Waals surface area contributed by atoms with Crippen molar-refractivity contribution in [1.82, 2.24) is 9.38 Å². The van der Waals surface area contributed by atoms with Crippen LogP contribution >= 0.6 is 0 Å². The maximum atomic E-state index is 4.83. The van der Waals surface area contributed by atoms with Gasteiger partial charge in [0.1, 0.15) is 5.65 Å². The van der Waals surface area contributed by atoms with Crippen LogP contribution in [0.1, 0.15) is 0 Å². The van der Waals surface area contributed by atoms with Crippen LogP contribution in [0.25, 0.3) is 81.9 Å². The molecule has 9 aromatic rings. The fourth-order valence-electron chi connectivity index (χ4n) is 6.74. The molecule has 0 aliphatic rings. The second-order valence-electron chi connectivity index (χ2n) is 10.8. The molecule has 0 unspecified atom stereocenters. The third-order valence-electron chi connectivity index (χ3n) is 8.58. The van der Waals surface area contributed by atoms with Crippen molar-refractivity contribution in [2.45, 2.75) is 0 Å². The number of hydrogen-bond donors (Lipinski definition) is 0. The highest BCUT2D eigenvalue weighted by Crippen LogP contribution is 2.42. The highest BCUT2D eigenvalue weighted by Gasteiger charge is 2.15. The number of imidazole rings is 1. The minimum Gasteiger partial charge on any atom is -0.306 e. The lowest BCUT2D eigenvalue weighted by Gasteiger charge is -2.15. The van der Waals surface area contributed by atoms with Crippen molar-refractivity contribution in [3.8, 4) is 22.4 Å². The molecule has 0 spiro atoms. The van der Waals surface area contributed by atoms with Crippen LogP contribution in [0.3, 0.4) is 0 Å². The minimum absolute atomic E-state index is 0.956. The van der Waals surface area contributed by atoms with Gasteiger partial charge in [0.05, 0.1) is 5.69 Å². The molecule has 2 aromatic heterocycles. The van der Waals surface area contributed by atoms with E-state index in [1.54, 1.807) is 0 Å². The summed E-state index contributed by atoms with van der Waals surface area (Å²) in [5, 5.41) is 12.9. The molecular formula is C39H24N2. The smallest absolute Gasteiger partial charge is 0.137 e. The molecule has 0 amide bonds. The maximum Gasteiger partial charge on any atom is 0.137 e. The predicted molar refractivity (Wildman–Crippen MR) is 174 cm³/mol. The lowest BCUT2D eigenvalue weighted by molar-refractivity contribution is 1.19. The molecule has 9 rings (SSSR count). The number of rotatable bonds is 2. The quantitative estimate of drug-likeness (QED) is 0.207. The molecule has 2 nitrogen and oxygen atoms in total. The van der Waals surface area contributed by atoms with Crippen molar-refractivity contribution in [3.05, 3.63) is 146 Å². The molecule has 0 radical (unpaired) electrons. The zero-order chi connectivity index (χ0) is 26.9. The Kier molecular flexibility index (Phi) is 4.64. The van der Waals surface area contributed by atoms with Crippen LogP contribution in [-0.4, -0.2) is 9.38 Å². The average Bonchev–Trinajstić information content (AvgIpc) is 3.48. The minimum atomic E-state index is 0.956. The highest BCUT2D eigenvalue weighted by atomic mass is 15.0. The Bertz CT molecular complexity index is 2430. The Labute approximate surface area is 236 Å². The predicted octanol–water partition coefficient (Wildman–Crippen LogP) is 10.4. The Morgan fingerprint density at radius 2 is 0.976 bits per heavy atom. The monoisotopic (exact) mass is 520 g/mol. The highest BCUT2D eigenvalue weighted by molar-refractivity contribution is 6.34. The van der Waals surface area contributed by atoms with Crippen LogP contribution in [0.2, 0.25) is 0 Å². The lowest BCUT2D eigenvalue weighted by Crippen LogP contribution is -1.88. The first-order chi connectivity index (χ1) is 20.3. The summed E-state index contributed by atoms with van der Waals surface area (Å²) in [7, 11) is 0. The molecule has 41 heavy (non-hydrogen) atoms. The van der Waals surface area contributed by atoms with Crippen molar-refractivity contribution in [2.75, 3.05) is 0 Å². The molecule has 190 valence electrons. The molecule has 0 atom stereocenters. The van der Waals surface area contributed by atoms with Crippen LogP contribution in [0.15, 0.2) is 146 Å². The molecule has 0 N–H and O–H groups in total. The fraction of sp³-hybridized carbons (Fsp3) is 0. The van der Waals surface area contributed by atoms with Gasteiger partial charge in [-0.2, -0.15) is 0 Å². The molecule has 0 fully saturated rings. The summed E-state index contributed by atoms with van der Waals surface area (Å²) in [6.07, 6.45) is 4.13. The van der Waals surface area contributed by atoms with E-state index in [0.717, 1.165) is 16.9 Å². The van der Waals surface area contributed by atoms with E-state index in [1.165, 1.54) is 65.0 Å². The van der Waals surface area contributed by atoms with Gasteiger partial charge in [-0.3, -0.25) is 0 Å². The molecule has 0 bridgehead atoms. The van der Waals surface area contributed by atoms with Crippen LogP contribution in [0.4, 0.5) is 0 Å². The van der Waals surface area contributed by atoms with Gasteiger partial charge in [0, 0.05) is 18.0 Å². The van der Waals surface area contributed by atoms with Gasteiger partial charge in [-0.1, -0.05) is 121 Å². The standard InChI is InChI=1S/C39H24N2/c1-2-11-32-30(10-1)31-13-5-8-27-21-22-28-9-6-14-33(38(28)37(27)31)34-15-7-12-29(39(32)34)25-17-19-26(20-18-25)35-24-41-23-4-3-16-36(41)40-35/h1-24H. The van der Waals surface area contributed by atoms with E-state index in [4.69, 9.17) is 4.98 Å². The van der Waals surface area contributed by atoms with E-state index in [-0.39, 0.29) is 0 Å². The van der Waals surface area contributed by atoms with Gasteiger partial charge < -0.3 is 4.40 Å². The van der Waals surface area contributed by atoms with Crippen molar-refractivity contribution in [1.29, 1.82) is 0 Å². The molecular weight excluding hydrogens is 496 g/mol. The third-order valence-corrected chi connectivity index (χ3v) is 8.58. The summed E-state index contributed by atoms with van der Waals surface area (Å²) < 4.78 is 2.07. The Balaban J connectivity index is 1.39. The van der Waals surface area contributed by atoms with Crippen molar-refractivity contribution in [3.63, 3.8) is 0 Å². The summed E-state index contributed by atoms with van der Waals surface area (Å²) in [6, 6.07) is 48.6. The zero-order valence-electron chi connectivity index (χ0n) is 22.3. The van der Waals surface area contributed by atoms with E-state index >= 15 is 0 Å². The topological polar surface area (TPSA) is 17.3 Å². The average molecular weight is 521 g/mol. The Hall–Kier alpha value is -5.47. The van der Waals surface area contributed by atoms with Gasteiger partial charge in [-0.05, 0) is 77.1 Å². The van der Waals surface area contributed by atoms with E-state index in [2.05, 4.69) is 126 Å². The van der Waals surface area contributed by atoms with Crippen LogP contribution in [-0.2, 0) is 0 Å². The zero-order valence-corrected chi connectivity index (χ0v) is 22.3. The summed E-state index contributed by atoms with van der Waals surface area (Å²) in [5.74, 6) is 0. The van der Waals surface area contributed by atoms with E-state index < -0.39 is 0 Å². The Morgan fingerprint density at radius 3 is 1.71 bits per heavy atom. The van der Waals surface area contributed by atoms with Crippen LogP contribution in [0, 0.1) is 0 Å². The normalized spacial score (nSPS) is 11.9. The van der Waals surface area contributed by atoms with Crippen LogP contribution < -0.4 is 0 Å². The number of pyridine rings is 1. The second kappa shape index (κ2) is 8.51. The van der Waals surface area contributed by atoms with Crippen molar-refractivity contribution in [2.24, 2.45) is 0 Å². The number of benzene rings is 6. The summed E-state index contributed by atoms with van der Waals surface area (Å²) in [5.41, 5.74) is 5.48. The molecule has 2 heterocycles. The van der Waals surface area contributed by atoms with Crippen molar-refractivity contribution < 1.29 is 0 Å². The van der Waals surface area contributed by atoms with Crippen LogP contribution in [0.5, 0.6) is 0 Å². The number of nitrogens with zero attached hydrogens (tertiary/aromatic N) is 2. The van der Waals surface area contributed by atoms with Gasteiger partial charge in [-0.25, -0.2) is 4.98 Å². The lowest BCUT2D eigenvalue weighted by atomic mass is 9.88. The van der Waals surface area contributed by atoms with Gasteiger partial charge in [0.15, 0.2) is 0 Å². The van der Waals surface area contributed by atoms with Gasteiger partial charge in [0.25, 0.3) is 0 Å². The first-order valence-corrected chi connectivity index (χ1v) is 14.1. The summed E-state index contributed by atoms with van der Waals surface area (Å²) in [4.78, 5) is 4.83. The number of hydrogen-bond acceptors (Lipinski definition) is 1. The molecule has 7 aromatic carbocycles. The van der Waals surface area contributed by atoms with Gasteiger partial charge in [0.2, 0.25) is 0 Å². The third kappa shape index (κ3) is 3.28. The Morgan fingerprint density at radius 1 is 0.415 bits per heavy atom. The molecule has 0 saturated carbocycles. The summed E-state index contributed by atoms with van der Waals surface area (Å²) in [6.45, 7) is 0. The molecule has 2 heteroatoms. The number of aromatic nitrogens is 2. The first kappa shape index (κ1) is 22.4. The van der Waals surface area contributed by atoms with E-state index in [9.17, 15) is 0 Å². The second-order valence-corrected chi connectivity index (χ2v) is 10.8. The molecule has 0 aliphatic carbocycles. The molecule has 0 saturated heterocycles. The van der Waals surface area contributed by atoms with E-state index in [0.29, 0.717) is 0 Å². The summed E-state index contributed by atoms with van der Waals surface area (Å²) >= 11 is 0. The van der Waals surface area contributed by atoms with Gasteiger partial charge in [-0.15, -0.1) is 0 Å². The molecule has 0 aliphatic heterocycles.